The van der Waals surface area contributed by atoms with Gasteiger partial charge in [-0.1, -0.05) is 11.6 Å². The molecule has 2 rings (SSSR count). The van der Waals surface area contributed by atoms with Gasteiger partial charge in [0.1, 0.15) is 5.69 Å². The van der Waals surface area contributed by atoms with Gasteiger partial charge in [-0.3, -0.25) is 4.79 Å². The van der Waals surface area contributed by atoms with E-state index in [-0.39, 0.29) is 11.1 Å². The van der Waals surface area contributed by atoms with Gasteiger partial charge in [-0.15, -0.1) is 10.2 Å². The van der Waals surface area contributed by atoms with Crippen molar-refractivity contribution in [1.82, 2.24) is 15.2 Å². The average molecular weight is 302 g/mol. The van der Waals surface area contributed by atoms with E-state index >= 15 is 0 Å². The Hall–Kier alpha value is -1.40. The van der Waals surface area contributed by atoms with Gasteiger partial charge >= 0.3 is 0 Å². The van der Waals surface area contributed by atoms with E-state index < -0.39 is 0 Å². The maximum atomic E-state index is 11.6. The summed E-state index contributed by atoms with van der Waals surface area (Å²) in [5.74, 6) is 0.0578. The van der Waals surface area contributed by atoms with Crippen molar-refractivity contribution in [2.45, 2.75) is 0 Å². The number of halogens is 2. The van der Waals surface area contributed by atoms with E-state index in [0.29, 0.717) is 11.5 Å². The summed E-state index contributed by atoms with van der Waals surface area (Å²) in [6, 6.07) is 4.79. The van der Waals surface area contributed by atoms with Crippen molar-refractivity contribution >= 4 is 39.3 Å². The van der Waals surface area contributed by atoms with Gasteiger partial charge < -0.3 is 10.3 Å². The Kier molecular flexibility index (Phi) is 3.21. The highest BCUT2D eigenvalue weighted by Gasteiger charge is 2.08. The molecule has 0 radical (unpaired) electrons. The first kappa shape index (κ1) is 11.1. The van der Waals surface area contributed by atoms with Crippen LogP contribution in [0.3, 0.4) is 0 Å². The molecule has 5 nitrogen and oxygen atoms in total. The highest BCUT2D eigenvalue weighted by Crippen LogP contribution is 2.12. The van der Waals surface area contributed by atoms with Crippen molar-refractivity contribution in [3.05, 3.63) is 39.7 Å². The van der Waals surface area contributed by atoms with Gasteiger partial charge in [0, 0.05) is 10.7 Å². The third kappa shape index (κ3) is 2.59. The minimum atomic E-state index is -0.290. The standard InChI is InChI=1S/C9H6BrClN4O/c10-5-3-6(12-4-5)9(16)13-8-2-1-7(11)14-15-8/h1-4,12H,(H,13,15,16). The second-order valence-electron chi connectivity index (χ2n) is 2.93. The second kappa shape index (κ2) is 4.63. The van der Waals surface area contributed by atoms with Crippen LogP contribution in [0.2, 0.25) is 5.15 Å². The average Bonchev–Trinajstić information content (AvgIpc) is 2.68. The van der Waals surface area contributed by atoms with Crippen LogP contribution in [0, 0.1) is 0 Å². The van der Waals surface area contributed by atoms with E-state index in [9.17, 15) is 4.79 Å². The summed E-state index contributed by atoms with van der Waals surface area (Å²) in [4.78, 5) is 14.5. The predicted octanol–water partition coefficient (Wildman–Crippen LogP) is 2.47. The van der Waals surface area contributed by atoms with Gasteiger partial charge in [-0.25, -0.2) is 0 Å². The number of hydrogen-bond donors (Lipinski definition) is 2. The molecule has 0 unspecified atom stereocenters. The molecule has 0 aliphatic rings. The van der Waals surface area contributed by atoms with Crippen LogP contribution in [0.15, 0.2) is 28.9 Å². The zero-order valence-corrected chi connectivity index (χ0v) is 10.2. The minimum Gasteiger partial charge on any atom is -0.356 e. The Morgan fingerprint density at radius 3 is 2.81 bits per heavy atom. The van der Waals surface area contributed by atoms with Crippen molar-refractivity contribution in [3.8, 4) is 0 Å². The number of nitrogens with zero attached hydrogens (tertiary/aromatic N) is 2. The van der Waals surface area contributed by atoms with Gasteiger partial charge in [0.2, 0.25) is 0 Å². The number of carbonyl (C=O) groups excluding carboxylic acids is 1. The van der Waals surface area contributed by atoms with E-state index in [2.05, 4.69) is 36.4 Å². The molecule has 2 aromatic heterocycles. The Morgan fingerprint density at radius 1 is 1.44 bits per heavy atom. The summed E-state index contributed by atoms with van der Waals surface area (Å²) >= 11 is 8.81. The number of aromatic nitrogens is 3. The van der Waals surface area contributed by atoms with Gasteiger partial charge in [0.25, 0.3) is 5.91 Å². The number of anilines is 1. The minimum absolute atomic E-state index is 0.278. The maximum Gasteiger partial charge on any atom is 0.273 e. The Bertz CT molecular complexity index is 510. The van der Waals surface area contributed by atoms with E-state index in [1.807, 2.05) is 0 Å². The van der Waals surface area contributed by atoms with Crippen molar-refractivity contribution in [1.29, 1.82) is 0 Å². The lowest BCUT2D eigenvalue weighted by Gasteiger charge is -2.00. The topological polar surface area (TPSA) is 70.7 Å². The summed E-state index contributed by atoms with van der Waals surface area (Å²) < 4.78 is 0.805. The van der Waals surface area contributed by atoms with E-state index in [1.165, 1.54) is 0 Å². The quantitative estimate of drug-likeness (QED) is 0.895. The van der Waals surface area contributed by atoms with Gasteiger partial charge in [-0.05, 0) is 34.1 Å². The lowest BCUT2D eigenvalue weighted by atomic mass is 10.4. The molecule has 0 bridgehead atoms. The molecular formula is C9H6BrClN4O. The van der Waals surface area contributed by atoms with Crippen molar-refractivity contribution in [3.63, 3.8) is 0 Å². The molecule has 2 aromatic rings. The molecule has 0 aliphatic carbocycles. The molecule has 0 atom stereocenters. The van der Waals surface area contributed by atoms with Gasteiger partial charge in [0.05, 0.1) is 0 Å². The number of hydrogen-bond acceptors (Lipinski definition) is 3. The van der Waals surface area contributed by atoms with E-state index in [4.69, 9.17) is 11.6 Å². The van der Waals surface area contributed by atoms with Crippen LogP contribution in [-0.4, -0.2) is 21.1 Å². The van der Waals surface area contributed by atoms with Crippen molar-refractivity contribution < 1.29 is 4.79 Å². The van der Waals surface area contributed by atoms with Gasteiger partial charge in [-0.2, -0.15) is 0 Å². The first-order valence-corrected chi connectivity index (χ1v) is 5.47. The fourth-order valence-corrected chi connectivity index (χ4v) is 1.51. The fraction of sp³-hybridized carbons (Fsp3) is 0. The monoisotopic (exact) mass is 300 g/mol. The molecule has 0 aliphatic heterocycles. The van der Waals surface area contributed by atoms with Crippen molar-refractivity contribution in [2.75, 3.05) is 5.32 Å². The Morgan fingerprint density at radius 2 is 2.25 bits per heavy atom. The van der Waals surface area contributed by atoms with E-state index in [0.717, 1.165) is 4.47 Å². The maximum absolute atomic E-state index is 11.6. The first-order chi connectivity index (χ1) is 7.65. The summed E-state index contributed by atoms with van der Waals surface area (Å²) in [5.41, 5.74) is 0.434. The van der Waals surface area contributed by atoms with Crippen LogP contribution >= 0.6 is 27.5 Å². The highest BCUT2D eigenvalue weighted by atomic mass is 79.9. The molecule has 0 spiro atoms. The van der Waals surface area contributed by atoms with Crippen LogP contribution in [0.4, 0.5) is 5.82 Å². The molecule has 2 N–H and O–H groups in total. The normalized spacial score (nSPS) is 10.1. The number of amides is 1. The molecular weight excluding hydrogens is 295 g/mol. The zero-order valence-electron chi connectivity index (χ0n) is 7.87. The Labute approximate surface area is 104 Å². The van der Waals surface area contributed by atoms with Crippen LogP contribution in [-0.2, 0) is 0 Å². The number of aromatic amines is 1. The molecule has 82 valence electrons. The summed E-state index contributed by atoms with van der Waals surface area (Å²) in [6.07, 6.45) is 1.67. The highest BCUT2D eigenvalue weighted by molar-refractivity contribution is 9.10. The summed E-state index contributed by atoms with van der Waals surface area (Å²) in [6.45, 7) is 0. The zero-order chi connectivity index (χ0) is 11.5. The molecule has 2 heterocycles. The number of nitrogens with one attached hydrogen (secondary N) is 2. The molecule has 16 heavy (non-hydrogen) atoms. The largest absolute Gasteiger partial charge is 0.356 e. The summed E-state index contributed by atoms with van der Waals surface area (Å²) in [7, 11) is 0. The molecule has 0 saturated carbocycles. The number of H-pyrrole nitrogens is 1. The van der Waals surface area contributed by atoms with E-state index in [1.54, 1.807) is 24.4 Å². The molecule has 7 heteroatoms. The lowest BCUT2D eigenvalue weighted by molar-refractivity contribution is 0.102. The molecule has 1 amide bonds. The first-order valence-electron chi connectivity index (χ1n) is 4.29. The fourth-order valence-electron chi connectivity index (χ4n) is 1.07. The summed E-state index contributed by atoms with van der Waals surface area (Å²) in [5, 5.41) is 10.2. The van der Waals surface area contributed by atoms with Crippen LogP contribution < -0.4 is 5.32 Å². The van der Waals surface area contributed by atoms with Crippen LogP contribution in [0.25, 0.3) is 0 Å². The second-order valence-corrected chi connectivity index (χ2v) is 4.23. The smallest absolute Gasteiger partial charge is 0.273 e. The number of rotatable bonds is 2. The number of carbonyl (C=O) groups is 1. The predicted molar refractivity (Wildman–Crippen MR) is 63.5 cm³/mol. The van der Waals surface area contributed by atoms with Gasteiger partial charge in [0.15, 0.2) is 11.0 Å². The molecule has 0 saturated heterocycles. The third-order valence-corrected chi connectivity index (χ3v) is 2.43. The molecule has 0 fully saturated rings. The van der Waals surface area contributed by atoms with Crippen LogP contribution in [0.1, 0.15) is 10.5 Å². The Balaban J connectivity index is 2.10. The SMILES string of the molecule is O=C(Nc1ccc(Cl)nn1)c1cc(Br)c[nH]1. The lowest BCUT2D eigenvalue weighted by Crippen LogP contribution is -2.13. The molecule has 0 aromatic carbocycles. The third-order valence-electron chi connectivity index (χ3n) is 1.77. The van der Waals surface area contributed by atoms with Crippen molar-refractivity contribution in [2.24, 2.45) is 0 Å². The van der Waals surface area contributed by atoms with Crippen LogP contribution in [0.5, 0.6) is 0 Å².